The van der Waals surface area contributed by atoms with Crippen LogP contribution in [0.2, 0.25) is 0 Å². The summed E-state index contributed by atoms with van der Waals surface area (Å²) in [4.78, 5) is 76.5. The summed E-state index contributed by atoms with van der Waals surface area (Å²) >= 11 is 0. The van der Waals surface area contributed by atoms with Crippen molar-refractivity contribution in [1.29, 1.82) is 0 Å². The van der Waals surface area contributed by atoms with Crippen molar-refractivity contribution in [3.63, 3.8) is 0 Å². The third-order valence-electron chi connectivity index (χ3n) is 7.91. The second-order valence-corrected chi connectivity index (χ2v) is 17.5. The summed E-state index contributed by atoms with van der Waals surface area (Å²) in [7, 11) is 0. The van der Waals surface area contributed by atoms with Crippen molar-refractivity contribution < 1.29 is 33.6 Å². The summed E-state index contributed by atoms with van der Waals surface area (Å²) in [5, 5.41) is 16.2. The largest absolute Gasteiger partial charge is 0.353 e. The molecule has 6 N–H and O–H groups in total. The molecule has 2 unspecified atom stereocenters. The summed E-state index contributed by atoms with van der Waals surface area (Å²) in [6, 6.07) is 0.742. The fourth-order valence-corrected chi connectivity index (χ4v) is 4.07. The first-order valence-electron chi connectivity index (χ1n) is 24.1. The summed E-state index contributed by atoms with van der Waals surface area (Å²) in [5.74, 6) is 0.637. The second-order valence-electron chi connectivity index (χ2n) is 17.5. The van der Waals surface area contributed by atoms with Crippen LogP contribution in [0.4, 0.5) is 0 Å². The molecule has 0 heterocycles. The highest BCUT2D eigenvalue weighted by atomic mass is 16.2. The van der Waals surface area contributed by atoms with E-state index < -0.39 is 0 Å². The highest BCUT2D eigenvalue weighted by Crippen LogP contribution is 2.01. The highest BCUT2D eigenvalue weighted by molar-refractivity contribution is 5.89. The Balaban J connectivity index is -0.000000128. The number of unbranched alkanes of at least 4 members (excludes halogenated alkanes) is 2. The van der Waals surface area contributed by atoms with Gasteiger partial charge in [-0.05, 0) is 135 Å². The van der Waals surface area contributed by atoms with E-state index >= 15 is 0 Å². The SMILES string of the molecule is C=CC(=O)N(CCCC)CCCC.C=CC(=O)NC(C)(C)C.C=CC(=O)NC(C)C.C=CC(=O)NC(C)CC.C=CC(=O)NC(C)CCC.C=CC(=O)NCC(C)C.C=CC(=O)NCCC(C)C. The average molecular weight is 960 g/mol. The van der Waals surface area contributed by atoms with E-state index in [-0.39, 0.29) is 65.0 Å². The summed E-state index contributed by atoms with van der Waals surface area (Å²) in [6.45, 7) is 57.0. The van der Waals surface area contributed by atoms with E-state index in [0.717, 1.165) is 77.5 Å². The number of carbonyl (C=O) groups excluding carboxylic acids is 7. The third kappa shape index (κ3) is 74.8. The Kier molecular flexibility index (Phi) is 61.0. The zero-order chi connectivity index (χ0) is 54.7. The molecule has 2 atom stereocenters. The molecule has 14 heteroatoms. The van der Waals surface area contributed by atoms with Gasteiger partial charge in [0.1, 0.15) is 0 Å². The number of hydrogen-bond acceptors (Lipinski definition) is 7. The van der Waals surface area contributed by atoms with Gasteiger partial charge in [-0.1, -0.05) is 121 Å². The molecule has 0 bridgehead atoms. The van der Waals surface area contributed by atoms with E-state index in [0.29, 0.717) is 11.8 Å². The van der Waals surface area contributed by atoms with Gasteiger partial charge in [0.25, 0.3) is 0 Å². The summed E-state index contributed by atoms with van der Waals surface area (Å²) < 4.78 is 0. The Morgan fingerprint density at radius 2 is 0.882 bits per heavy atom. The van der Waals surface area contributed by atoms with E-state index in [2.05, 4.69) is 113 Å². The van der Waals surface area contributed by atoms with Crippen LogP contribution in [0.5, 0.6) is 0 Å². The molecule has 0 aromatic rings. The first-order valence-corrected chi connectivity index (χ1v) is 24.1. The van der Waals surface area contributed by atoms with Crippen LogP contribution in [0, 0.1) is 11.8 Å². The normalized spacial score (nSPS) is 10.3. The van der Waals surface area contributed by atoms with Crippen molar-refractivity contribution in [2.45, 2.75) is 179 Å². The van der Waals surface area contributed by atoms with Gasteiger partial charge in [0.15, 0.2) is 0 Å². The summed E-state index contributed by atoms with van der Waals surface area (Å²) in [6.07, 6.45) is 17.6. The van der Waals surface area contributed by atoms with Crippen molar-refractivity contribution in [2.75, 3.05) is 26.2 Å². The Labute approximate surface area is 415 Å². The predicted molar refractivity (Wildman–Crippen MR) is 290 cm³/mol. The maximum absolute atomic E-state index is 11.3. The molecule has 0 radical (unpaired) electrons. The zero-order valence-electron chi connectivity index (χ0n) is 45.7. The molecule has 0 aromatic carbocycles. The van der Waals surface area contributed by atoms with Gasteiger partial charge in [-0.3, -0.25) is 33.6 Å². The molecule has 7 amide bonds. The van der Waals surface area contributed by atoms with Crippen LogP contribution in [0.1, 0.15) is 155 Å². The lowest BCUT2D eigenvalue weighted by Gasteiger charge is -2.20. The lowest BCUT2D eigenvalue weighted by molar-refractivity contribution is -0.126. The van der Waals surface area contributed by atoms with Gasteiger partial charge in [0, 0.05) is 49.8 Å². The monoisotopic (exact) mass is 960 g/mol. The topological polar surface area (TPSA) is 195 Å². The molecule has 0 aliphatic carbocycles. The highest BCUT2D eigenvalue weighted by Gasteiger charge is 2.10. The summed E-state index contributed by atoms with van der Waals surface area (Å²) in [5.41, 5.74) is -0.148. The van der Waals surface area contributed by atoms with Gasteiger partial charge < -0.3 is 36.8 Å². The third-order valence-corrected chi connectivity index (χ3v) is 7.91. The van der Waals surface area contributed by atoms with Gasteiger partial charge in [0.2, 0.25) is 41.4 Å². The minimum absolute atomic E-state index is 0.0712. The average Bonchev–Trinajstić information content (AvgIpc) is 3.28. The van der Waals surface area contributed by atoms with E-state index in [4.69, 9.17) is 0 Å². The van der Waals surface area contributed by atoms with Crippen molar-refractivity contribution in [1.82, 2.24) is 36.8 Å². The first-order chi connectivity index (χ1) is 31.6. The molecular formula is C54H101N7O7. The van der Waals surface area contributed by atoms with Gasteiger partial charge in [0.05, 0.1) is 0 Å². The molecule has 0 aromatic heterocycles. The van der Waals surface area contributed by atoms with Crippen molar-refractivity contribution in [3.05, 3.63) is 88.6 Å². The molecule has 0 saturated carbocycles. The molecule has 0 aliphatic heterocycles. The van der Waals surface area contributed by atoms with Crippen molar-refractivity contribution in [3.8, 4) is 0 Å². The number of carbonyl (C=O) groups is 7. The Hall–Kier alpha value is -5.53. The van der Waals surface area contributed by atoms with E-state index in [1.165, 1.54) is 42.5 Å². The standard InChI is InChI=1S/C11H21NO.2C8H15NO.3C7H13NO.C6H11NO/c1-4-7-9-12(10-8-5-2)11(13)6-3;1-4-8(10)9-6-5-7(2)3;1-4-6-7(3)9-8(10)5-2;1-5-6(9)8-7(2,3)4;1-4-7(9)8-5-6(2)3;1-4-6(3)8-7(9)5-2;1-4-6(8)7-5(2)3/h6H,3-5,7-10H2,1-2H3;4,7H,1,5-6H2,2-3H3,(H,9,10);5,7H,2,4,6H2,1,3H3,(H,9,10);5H,1H2,2-4H3,(H,8,9);4,6H,1,5H2,2-3H3,(H,8,9);5-6H,2,4H2,1,3H3,(H,8,9);4-5H,1H2,2-3H3,(H,7,8). The predicted octanol–water partition coefficient (Wildman–Crippen LogP) is 9.23. The Morgan fingerprint density at radius 1 is 0.485 bits per heavy atom. The van der Waals surface area contributed by atoms with E-state index in [1.807, 2.05) is 74.1 Å². The van der Waals surface area contributed by atoms with Crippen molar-refractivity contribution >= 4 is 41.4 Å². The molecule has 0 rings (SSSR count). The molecule has 0 fully saturated rings. The quantitative estimate of drug-likeness (QED) is 0.0519. The fourth-order valence-electron chi connectivity index (χ4n) is 4.07. The first kappa shape index (κ1) is 76.7. The number of amides is 7. The van der Waals surface area contributed by atoms with Gasteiger partial charge in [-0.15, -0.1) is 0 Å². The van der Waals surface area contributed by atoms with Crippen molar-refractivity contribution in [2.24, 2.45) is 11.8 Å². The number of nitrogens with zero attached hydrogens (tertiary/aromatic N) is 1. The molecule has 0 spiro atoms. The van der Waals surface area contributed by atoms with Crippen LogP contribution in [0.25, 0.3) is 0 Å². The minimum atomic E-state index is -0.148. The van der Waals surface area contributed by atoms with E-state index in [1.54, 1.807) is 0 Å². The van der Waals surface area contributed by atoms with Crippen LogP contribution in [-0.2, 0) is 33.6 Å². The van der Waals surface area contributed by atoms with Crippen LogP contribution >= 0.6 is 0 Å². The molecule has 68 heavy (non-hydrogen) atoms. The Bertz CT molecular complexity index is 1410. The van der Waals surface area contributed by atoms with Crippen LogP contribution in [-0.4, -0.2) is 96.1 Å². The van der Waals surface area contributed by atoms with Gasteiger partial charge in [-0.25, -0.2) is 0 Å². The van der Waals surface area contributed by atoms with E-state index in [9.17, 15) is 33.6 Å². The Morgan fingerprint density at radius 3 is 1.16 bits per heavy atom. The molecular weight excluding hydrogens is 859 g/mol. The lowest BCUT2D eigenvalue weighted by Crippen LogP contribution is -2.39. The smallest absolute Gasteiger partial charge is 0.245 e. The number of rotatable bonds is 24. The fraction of sp³-hybridized carbons (Fsp3) is 0.611. The van der Waals surface area contributed by atoms with Crippen LogP contribution < -0.4 is 31.9 Å². The number of hydrogen-bond donors (Lipinski definition) is 6. The molecule has 0 aliphatic rings. The molecule has 0 saturated heterocycles. The van der Waals surface area contributed by atoms with Gasteiger partial charge in [-0.2, -0.15) is 0 Å². The second kappa shape index (κ2) is 54.1. The number of nitrogens with one attached hydrogen (secondary N) is 6. The lowest BCUT2D eigenvalue weighted by atomic mass is 10.1. The molecule has 394 valence electrons. The maximum Gasteiger partial charge on any atom is 0.245 e. The minimum Gasteiger partial charge on any atom is -0.353 e. The van der Waals surface area contributed by atoms with Gasteiger partial charge >= 0.3 is 0 Å². The van der Waals surface area contributed by atoms with Crippen LogP contribution in [0.3, 0.4) is 0 Å². The molecule has 14 nitrogen and oxygen atoms in total. The maximum atomic E-state index is 11.3. The zero-order valence-corrected chi connectivity index (χ0v) is 45.7. The van der Waals surface area contributed by atoms with Crippen LogP contribution in [0.15, 0.2) is 88.6 Å².